The van der Waals surface area contributed by atoms with Crippen LogP contribution in [0.1, 0.15) is 5.69 Å². The number of fused-ring (bicyclic) bond motifs is 2. The fourth-order valence-electron chi connectivity index (χ4n) is 5.55. The van der Waals surface area contributed by atoms with E-state index in [4.69, 9.17) is 32.5 Å². The summed E-state index contributed by atoms with van der Waals surface area (Å²) in [5.41, 5.74) is 3.07. The lowest BCUT2D eigenvalue weighted by Crippen LogP contribution is -2.13. The summed E-state index contributed by atoms with van der Waals surface area (Å²) in [4.78, 5) is 25.2. The van der Waals surface area contributed by atoms with Crippen LogP contribution in [0.3, 0.4) is 0 Å². The Morgan fingerprint density at radius 3 is 1.62 bits per heavy atom. The highest BCUT2D eigenvalue weighted by molar-refractivity contribution is 5.81. The van der Waals surface area contributed by atoms with Crippen molar-refractivity contribution in [2.75, 3.05) is 46.2 Å². The maximum absolute atomic E-state index is 12.6. The minimum Gasteiger partial charge on any atom is -0.491 e. The monoisotopic (exact) mass is 715 g/mol. The Labute approximate surface area is 304 Å². The zero-order valence-corrected chi connectivity index (χ0v) is 28.8. The van der Waals surface area contributed by atoms with E-state index in [9.17, 15) is 9.59 Å². The molecule has 3 heterocycles. The van der Waals surface area contributed by atoms with Gasteiger partial charge in [0.05, 0.1) is 63.2 Å². The summed E-state index contributed by atoms with van der Waals surface area (Å²) < 4.78 is 42.3. The third-order valence-electron chi connectivity index (χ3n) is 8.18. The first kappa shape index (κ1) is 35.3. The maximum atomic E-state index is 12.6. The Morgan fingerprint density at radius 2 is 1.06 bits per heavy atom. The Morgan fingerprint density at radius 1 is 0.547 bits per heavy atom. The standard InChI is InChI=1S/C41H37N3O9/c45-36-25-38(29-7-3-1-4-8-29)52-40-23-32(11-13-34(36)40)50-21-19-48-18-17-47-16-15-44-27-31(42-43-44)28-49-20-22-51-33-12-14-35-37(46)26-39(53-41(35)24-33)30-9-5-2-6-10-30/h1-14,23-27H,15-22,28H2. The Bertz CT molecular complexity index is 2370. The first-order valence-corrected chi connectivity index (χ1v) is 17.2. The molecule has 53 heavy (non-hydrogen) atoms. The van der Waals surface area contributed by atoms with E-state index in [1.165, 1.54) is 12.1 Å². The average molecular weight is 716 g/mol. The number of ether oxygens (including phenoxy) is 5. The van der Waals surface area contributed by atoms with Crippen LogP contribution in [0.25, 0.3) is 44.6 Å². The van der Waals surface area contributed by atoms with Crippen molar-refractivity contribution in [3.8, 4) is 34.1 Å². The summed E-state index contributed by atoms with van der Waals surface area (Å²) in [5, 5.41) is 9.27. The van der Waals surface area contributed by atoms with Gasteiger partial charge in [-0.2, -0.15) is 0 Å². The number of nitrogens with zero attached hydrogens (tertiary/aromatic N) is 3. The summed E-state index contributed by atoms with van der Waals surface area (Å²) in [5.74, 6) is 2.19. The van der Waals surface area contributed by atoms with E-state index in [-0.39, 0.29) is 17.5 Å². The zero-order chi connectivity index (χ0) is 36.2. The van der Waals surface area contributed by atoms with E-state index < -0.39 is 0 Å². The van der Waals surface area contributed by atoms with Crippen LogP contribution >= 0.6 is 0 Å². The maximum Gasteiger partial charge on any atom is 0.193 e. The lowest BCUT2D eigenvalue weighted by atomic mass is 10.1. The smallest absolute Gasteiger partial charge is 0.193 e. The molecule has 0 radical (unpaired) electrons. The number of rotatable bonds is 18. The van der Waals surface area contributed by atoms with Gasteiger partial charge in [-0.25, -0.2) is 4.68 Å². The lowest BCUT2D eigenvalue weighted by molar-refractivity contribution is 0.0333. The average Bonchev–Trinajstić information content (AvgIpc) is 3.65. The van der Waals surface area contributed by atoms with Gasteiger partial charge < -0.3 is 32.5 Å². The largest absolute Gasteiger partial charge is 0.491 e. The van der Waals surface area contributed by atoms with Crippen LogP contribution in [0.15, 0.2) is 134 Å². The number of hydrogen-bond acceptors (Lipinski definition) is 11. The molecule has 0 unspecified atom stereocenters. The molecule has 0 fully saturated rings. The molecule has 0 saturated carbocycles. The minimum absolute atomic E-state index is 0.104. The molecule has 0 N–H and O–H groups in total. The summed E-state index contributed by atoms with van der Waals surface area (Å²) in [6.45, 7) is 3.47. The van der Waals surface area contributed by atoms with Gasteiger partial charge in [0.25, 0.3) is 0 Å². The molecule has 0 saturated heterocycles. The van der Waals surface area contributed by atoms with Gasteiger partial charge in [0.2, 0.25) is 0 Å². The van der Waals surface area contributed by atoms with E-state index in [1.807, 2.05) is 66.9 Å². The normalized spacial score (nSPS) is 11.3. The highest BCUT2D eigenvalue weighted by atomic mass is 16.5. The fraction of sp³-hybridized carbons (Fsp3) is 0.220. The van der Waals surface area contributed by atoms with Crippen LogP contribution in [0, 0.1) is 0 Å². The third-order valence-corrected chi connectivity index (χ3v) is 8.18. The fourth-order valence-corrected chi connectivity index (χ4v) is 5.55. The van der Waals surface area contributed by atoms with Crippen molar-refractivity contribution in [2.45, 2.75) is 13.2 Å². The highest BCUT2D eigenvalue weighted by Gasteiger charge is 2.10. The Balaban J connectivity index is 0.753. The molecule has 7 rings (SSSR count). The quantitative estimate of drug-likeness (QED) is 0.0897. The molecular formula is C41H37N3O9. The molecule has 12 nitrogen and oxygen atoms in total. The van der Waals surface area contributed by atoms with Crippen molar-refractivity contribution in [1.29, 1.82) is 0 Å². The molecule has 0 aliphatic carbocycles. The summed E-state index contributed by atoms with van der Waals surface area (Å²) in [6.07, 6.45) is 1.81. The van der Waals surface area contributed by atoms with Crippen LogP contribution in [-0.4, -0.2) is 61.2 Å². The molecule has 0 aliphatic rings. The zero-order valence-electron chi connectivity index (χ0n) is 28.8. The second-order valence-corrected chi connectivity index (χ2v) is 11.9. The van der Waals surface area contributed by atoms with Crippen LogP contribution < -0.4 is 20.3 Å². The molecule has 0 bridgehead atoms. The molecule has 0 aliphatic heterocycles. The van der Waals surface area contributed by atoms with Gasteiger partial charge >= 0.3 is 0 Å². The number of aromatic nitrogens is 3. The van der Waals surface area contributed by atoms with Crippen LogP contribution in [0.5, 0.6) is 11.5 Å². The summed E-state index contributed by atoms with van der Waals surface area (Å²) >= 11 is 0. The second kappa shape index (κ2) is 17.4. The van der Waals surface area contributed by atoms with Crippen molar-refractivity contribution in [3.05, 3.63) is 142 Å². The molecule has 4 aromatic carbocycles. The number of hydrogen-bond donors (Lipinski definition) is 0. The molecule has 0 spiro atoms. The topological polar surface area (TPSA) is 137 Å². The van der Waals surface area contributed by atoms with E-state index >= 15 is 0 Å². The molecule has 12 heteroatoms. The van der Waals surface area contributed by atoms with Gasteiger partial charge in [0.15, 0.2) is 10.9 Å². The molecule has 7 aromatic rings. The van der Waals surface area contributed by atoms with Gasteiger partial charge in [-0.1, -0.05) is 65.9 Å². The van der Waals surface area contributed by atoms with E-state index in [2.05, 4.69) is 10.3 Å². The molecule has 0 atom stereocenters. The van der Waals surface area contributed by atoms with Crippen molar-refractivity contribution in [2.24, 2.45) is 0 Å². The van der Waals surface area contributed by atoms with E-state index in [0.717, 1.165) is 11.1 Å². The lowest BCUT2D eigenvalue weighted by Gasteiger charge is -2.09. The van der Waals surface area contributed by atoms with Crippen LogP contribution in [0.4, 0.5) is 0 Å². The molecule has 0 amide bonds. The van der Waals surface area contributed by atoms with Crippen molar-refractivity contribution < 1.29 is 32.5 Å². The van der Waals surface area contributed by atoms with E-state index in [1.54, 1.807) is 41.1 Å². The first-order chi connectivity index (χ1) is 26.1. The Kier molecular flexibility index (Phi) is 11.6. The predicted octanol–water partition coefficient (Wildman–Crippen LogP) is 6.53. The summed E-state index contributed by atoms with van der Waals surface area (Å²) in [7, 11) is 0. The second-order valence-electron chi connectivity index (χ2n) is 11.9. The molecule has 3 aromatic heterocycles. The minimum atomic E-state index is -0.109. The van der Waals surface area contributed by atoms with E-state index in [0.29, 0.717) is 103 Å². The van der Waals surface area contributed by atoms with Crippen molar-refractivity contribution in [3.63, 3.8) is 0 Å². The Hall–Kier alpha value is -6.08. The predicted molar refractivity (Wildman–Crippen MR) is 198 cm³/mol. The SMILES string of the molecule is O=c1cc(-c2ccccc2)oc2cc(OCCOCCOCCn3cc(COCCOc4ccc5c(=O)cc(-c6ccccc6)oc5c4)nn3)ccc12. The summed E-state index contributed by atoms with van der Waals surface area (Å²) in [6, 6.07) is 32.3. The van der Waals surface area contributed by atoms with Gasteiger partial charge in [-0.05, 0) is 24.3 Å². The first-order valence-electron chi connectivity index (χ1n) is 17.2. The van der Waals surface area contributed by atoms with Crippen LogP contribution in [-0.2, 0) is 27.4 Å². The molecular weight excluding hydrogens is 678 g/mol. The van der Waals surface area contributed by atoms with Gasteiger partial charge in [-0.3, -0.25) is 9.59 Å². The van der Waals surface area contributed by atoms with Crippen molar-refractivity contribution in [1.82, 2.24) is 15.0 Å². The van der Waals surface area contributed by atoms with Gasteiger partial charge in [0.1, 0.15) is 53.1 Å². The van der Waals surface area contributed by atoms with Crippen molar-refractivity contribution >= 4 is 21.9 Å². The van der Waals surface area contributed by atoms with Gasteiger partial charge in [-0.15, -0.1) is 5.10 Å². The highest BCUT2D eigenvalue weighted by Crippen LogP contribution is 2.26. The third kappa shape index (κ3) is 9.43. The number of benzene rings is 4. The molecule has 270 valence electrons. The van der Waals surface area contributed by atoms with Gasteiger partial charge in [0, 0.05) is 35.4 Å². The van der Waals surface area contributed by atoms with Crippen LogP contribution in [0.2, 0.25) is 0 Å².